The molecule has 5 atom stereocenters. The van der Waals surface area contributed by atoms with E-state index >= 15 is 0 Å². The molecule has 2 amide bonds. The molecule has 2 heterocycles. The van der Waals surface area contributed by atoms with Crippen LogP contribution in [0.15, 0.2) is 24.3 Å². The van der Waals surface area contributed by atoms with E-state index in [0.29, 0.717) is 19.1 Å². The first-order valence-corrected chi connectivity index (χ1v) is 11.3. The number of nitrogens with one attached hydrogen (secondary N) is 2. The van der Waals surface area contributed by atoms with Gasteiger partial charge in [0, 0.05) is 30.6 Å². The zero-order valence-corrected chi connectivity index (χ0v) is 19.6. The Kier molecular flexibility index (Phi) is 7.14. The van der Waals surface area contributed by atoms with Crippen molar-refractivity contribution in [1.29, 1.82) is 0 Å². The first-order chi connectivity index (χ1) is 14.6. The summed E-state index contributed by atoms with van der Waals surface area (Å²) in [4.78, 5) is 27.4. The van der Waals surface area contributed by atoms with Gasteiger partial charge in [-0.2, -0.15) is 0 Å². The Morgan fingerprint density at radius 1 is 1.19 bits per heavy atom. The third kappa shape index (κ3) is 5.70. The van der Waals surface area contributed by atoms with Gasteiger partial charge in [0.15, 0.2) is 0 Å². The summed E-state index contributed by atoms with van der Waals surface area (Å²) in [5, 5.41) is 6.66. The van der Waals surface area contributed by atoms with Crippen molar-refractivity contribution in [3.8, 4) is 5.75 Å². The van der Waals surface area contributed by atoms with Crippen molar-refractivity contribution in [3.63, 3.8) is 0 Å². The molecule has 7 heteroatoms. The van der Waals surface area contributed by atoms with Gasteiger partial charge in [-0.05, 0) is 53.0 Å². The van der Waals surface area contributed by atoms with E-state index in [9.17, 15) is 9.59 Å². The standard InChI is InChI=1S/C24H37N3O4/c1-15-11-13-27(23(29)31-24(4,5)6)17(3)21(15)25-16(2)22(28)26-19-12-14-30-20-10-8-7-9-18(19)20/h7-10,15-17,19,21,25H,11-14H2,1-6H3,(H,26,28)/t15-,16+,17+,19+,21-/m1/s1. The van der Waals surface area contributed by atoms with Gasteiger partial charge >= 0.3 is 6.09 Å². The Hall–Kier alpha value is -2.28. The van der Waals surface area contributed by atoms with Crippen LogP contribution in [0.4, 0.5) is 4.79 Å². The lowest BCUT2D eigenvalue weighted by Gasteiger charge is -2.44. The van der Waals surface area contributed by atoms with Gasteiger partial charge < -0.3 is 25.0 Å². The molecule has 172 valence electrons. The zero-order chi connectivity index (χ0) is 22.8. The Morgan fingerprint density at radius 2 is 1.90 bits per heavy atom. The van der Waals surface area contributed by atoms with E-state index in [4.69, 9.17) is 9.47 Å². The van der Waals surface area contributed by atoms with Gasteiger partial charge in [-0.1, -0.05) is 25.1 Å². The van der Waals surface area contributed by atoms with Crippen molar-refractivity contribution in [3.05, 3.63) is 29.8 Å². The van der Waals surface area contributed by atoms with Crippen LogP contribution < -0.4 is 15.4 Å². The van der Waals surface area contributed by atoms with Gasteiger partial charge in [-0.15, -0.1) is 0 Å². The molecule has 1 saturated heterocycles. The lowest BCUT2D eigenvalue weighted by molar-refractivity contribution is -0.124. The second-order valence-electron chi connectivity index (χ2n) is 9.83. The number of benzene rings is 1. The Balaban J connectivity index is 1.62. The summed E-state index contributed by atoms with van der Waals surface area (Å²) in [6, 6.07) is 7.33. The predicted molar refractivity (Wildman–Crippen MR) is 120 cm³/mol. The fraction of sp³-hybridized carbons (Fsp3) is 0.667. The summed E-state index contributed by atoms with van der Waals surface area (Å²) in [6.45, 7) is 12.9. The second kappa shape index (κ2) is 9.47. The van der Waals surface area contributed by atoms with Crippen molar-refractivity contribution in [2.24, 2.45) is 5.92 Å². The average molecular weight is 432 g/mol. The van der Waals surface area contributed by atoms with E-state index in [0.717, 1.165) is 24.2 Å². The van der Waals surface area contributed by atoms with Crippen LogP contribution in [0.1, 0.15) is 66.0 Å². The number of carbonyl (C=O) groups excluding carboxylic acids is 2. The quantitative estimate of drug-likeness (QED) is 0.761. The third-order valence-corrected chi connectivity index (χ3v) is 6.19. The first-order valence-electron chi connectivity index (χ1n) is 11.3. The molecule has 1 aromatic rings. The molecule has 31 heavy (non-hydrogen) atoms. The molecule has 1 aromatic carbocycles. The van der Waals surface area contributed by atoms with Crippen LogP contribution >= 0.6 is 0 Å². The van der Waals surface area contributed by atoms with E-state index in [-0.39, 0.29) is 36.2 Å². The molecule has 2 aliphatic heterocycles. The highest BCUT2D eigenvalue weighted by molar-refractivity contribution is 5.82. The number of hydrogen-bond donors (Lipinski definition) is 2. The minimum Gasteiger partial charge on any atom is -0.493 e. The number of carbonyl (C=O) groups is 2. The van der Waals surface area contributed by atoms with Gasteiger partial charge in [-0.3, -0.25) is 4.79 Å². The van der Waals surface area contributed by atoms with Gasteiger partial charge in [0.2, 0.25) is 5.91 Å². The van der Waals surface area contributed by atoms with Crippen molar-refractivity contribution in [2.45, 2.75) is 84.2 Å². The maximum atomic E-state index is 13.0. The lowest BCUT2D eigenvalue weighted by atomic mass is 9.87. The molecule has 0 aromatic heterocycles. The molecule has 0 saturated carbocycles. The molecule has 2 N–H and O–H groups in total. The van der Waals surface area contributed by atoms with Crippen LogP contribution in [-0.4, -0.2) is 53.8 Å². The molecular weight excluding hydrogens is 394 g/mol. The van der Waals surface area contributed by atoms with E-state index in [1.807, 2.05) is 58.9 Å². The van der Waals surface area contributed by atoms with Crippen LogP contribution in [0.25, 0.3) is 0 Å². The minimum atomic E-state index is -0.532. The summed E-state index contributed by atoms with van der Waals surface area (Å²) >= 11 is 0. The molecule has 0 aliphatic carbocycles. The van der Waals surface area contributed by atoms with Gasteiger partial charge in [0.1, 0.15) is 11.4 Å². The molecular formula is C24H37N3O4. The normalized spacial score (nSPS) is 27.0. The molecule has 1 fully saturated rings. The van der Waals surface area contributed by atoms with Crippen molar-refractivity contribution >= 4 is 12.0 Å². The van der Waals surface area contributed by atoms with Gasteiger partial charge in [0.25, 0.3) is 0 Å². The highest BCUT2D eigenvalue weighted by atomic mass is 16.6. The van der Waals surface area contributed by atoms with Crippen LogP contribution in [0.5, 0.6) is 5.75 Å². The fourth-order valence-electron chi connectivity index (χ4n) is 4.43. The fourth-order valence-corrected chi connectivity index (χ4v) is 4.43. The van der Waals surface area contributed by atoms with E-state index in [1.165, 1.54) is 0 Å². The summed E-state index contributed by atoms with van der Waals surface area (Å²) in [5.74, 6) is 1.13. The average Bonchev–Trinajstić information content (AvgIpc) is 2.69. The summed E-state index contributed by atoms with van der Waals surface area (Å²) < 4.78 is 11.3. The Morgan fingerprint density at radius 3 is 2.61 bits per heavy atom. The maximum Gasteiger partial charge on any atom is 0.410 e. The zero-order valence-electron chi connectivity index (χ0n) is 19.6. The molecule has 0 bridgehead atoms. The Labute approximate surface area is 185 Å². The number of amides is 2. The lowest BCUT2D eigenvalue weighted by Crippen LogP contribution is -2.61. The summed E-state index contributed by atoms with van der Waals surface area (Å²) in [6.07, 6.45) is 1.32. The molecule has 0 spiro atoms. The highest BCUT2D eigenvalue weighted by Gasteiger charge is 2.38. The topological polar surface area (TPSA) is 79.9 Å². The maximum absolute atomic E-state index is 13.0. The number of piperidine rings is 1. The highest BCUT2D eigenvalue weighted by Crippen LogP contribution is 2.31. The smallest absolute Gasteiger partial charge is 0.410 e. The van der Waals surface area contributed by atoms with Gasteiger partial charge in [0.05, 0.1) is 18.7 Å². The predicted octanol–water partition coefficient (Wildman–Crippen LogP) is 3.64. The Bertz CT molecular complexity index is 791. The second-order valence-corrected chi connectivity index (χ2v) is 9.83. The van der Waals surface area contributed by atoms with Crippen LogP contribution in [-0.2, 0) is 9.53 Å². The number of rotatable bonds is 4. The van der Waals surface area contributed by atoms with Crippen LogP contribution in [0.2, 0.25) is 0 Å². The molecule has 3 rings (SSSR count). The third-order valence-electron chi connectivity index (χ3n) is 6.19. The SMILES string of the molecule is C[C@H](N[C@@H]1[C@H](C)CCN(C(=O)OC(C)(C)C)[C@H]1C)C(=O)N[C@H]1CCOc2ccccc21. The van der Waals surface area contributed by atoms with Crippen molar-refractivity contribution in [2.75, 3.05) is 13.2 Å². The molecule has 0 radical (unpaired) electrons. The van der Waals surface area contributed by atoms with E-state index < -0.39 is 5.60 Å². The number of para-hydroxylation sites is 1. The van der Waals surface area contributed by atoms with Crippen molar-refractivity contribution in [1.82, 2.24) is 15.5 Å². The van der Waals surface area contributed by atoms with Gasteiger partial charge in [-0.25, -0.2) is 4.79 Å². The number of ether oxygens (including phenoxy) is 2. The number of fused-ring (bicyclic) bond motifs is 1. The van der Waals surface area contributed by atoms with E-state index in [1.54, 1.807) is 4.90 Å². The van der Waals surface area contributed by atoms with Crippen LogP contribution in [0, 0.1) is 5.92 Å². The number of hydrogen-bond acceptors (Lipinski definition) is 5. The largest absolute Gasteiger partial charge is 0.493 e. The summed E-state index contributed by atoms with van der Waals surface area (Å²) in [5.41, 5.74) is 0.487. The summed E-state index contributed by atoms with van der Waals surface area (Å²) in [7, 11) is 0. The molecule has 7 nitrogen and oxygen atoms in total. The van der Waals surface area contributed by atoms with Crippen LogP contribution in [0.3, 0.4) is 0 Å². The molecule has 2 aliphatic rings. The monoisotopic (exact) mass is 431 g/mol. The first kappa shape index (κ1) is 23.4. The number of likely N-dealkylation sites (tertiary alicyclic amines) is 1. The molecule has 0 unspecified atom stereocenters. The number of nitrogens with zero attached hydrogens (tertiary/aromatic N) is 1. The van der Waals surface area contributed by atoms with E-state index in [2.05, 4.69) is 17.6 Å². The minimum absolute atomic E-state index is 0.00370. The van der Waals surface area contributed by atoms with Crippen molar-refractivity contribution < 1.29 is 19.1 Å².